The van der Waals surface area contributed by atoms with Crippen molar-refractivity contribution < 1.29 is 4.74 Å². The molecule has 1 aliphatic carbocycles. The Balaban J connectivity index is 1.76. The van der Waals surface area contributed by atoms with E-state index in [4.69, 9.17) is 4.74 Å². The van der Waals surface area contributed by atoms with Crippen LogP contribution in [0, 0.1) is 5.92 Å². The molecule has 0 radical (unpaired) electrons. The molecular weight excluding hydrogens is 324 g/mol. The summed E-state index contributed by atoms with van der Waals surface area (Å²) >= 11 is 3.91. The van der Waals surface area contributed by atoms with Crippen LogP contribution in [0.1, 0.15) is 48.9 Å². The molecule has 3 rings (SSSR count). The van der Waals surface area contributed by atoms with Gasteiger partial charge in [-0.3, -0.25) is 0 Å². The number of fused-ring (bicyclic) bond motifs is 1. The second-order valence-electron chi connectivity index (χ2n) is 6.18. The minimum Gasteiger partial charge on any atom is -0.497 e. The SMILES string of the molecule is COc1ccc2cc(C(Br)CC3CCCCC3)ccc2c1. The summed E-state index contributed by atoms with van der Waals surface area (Å²) in [5, 5.41) is 2.54. The predicted octanol–water partition coefficient (Wildman–Crippen LogP) is 6.25. The average Bonchev–Trinajstić information content (AvgIpc) is 2.54. The summed E-state index contributed by atoms with van der Waals surface area (Å²) in [5.41, 5.74) is 1.40. The number of rotatable bonds is 4. The van der Waals surface area contributed by atoms with Gasteiger partial charge < -0.3 is 4.74 Å². The highest BCUT2D eigenvalue weighted by molar-refractivity contribution is 9.09. The lowest BCUT2D eigenvalue weighted by Crippen LogP contribution is -2.08. The van der Waals surface area contributed by atoms with Gasteiger partial charge in [-0.15, -0.1) is 0 Å². The second kappa shape index (κ2) is 6.83. The quantitative estimate of drug-likeness (QED) is 0.594. The number of hydrogen-bond donors (Lipinski definition) is 0. The first kappa shape index (κ1) is 14.9. The Bertz CT molecular complexity index is 602. The highest BCUT2D eigenvalue weighted by Crippen LogP contribution is 2.37. The van der Waals surface area contributed by atoms with Crippen LogP contribution in [-0.2, 0) is 0 Å². The molecule has 0 amide bonds. The highest BCUT2D eigenvalue weighted by atomic mass is 79.9. The average molecular weight is 347 g/mol. The molecule has 21 heavy (non-hydrogen) atoms. The van der Waals surface area contributed by atoms with Crippen molar-refractivity contribution in [3.63, 3.8) is 0 Å². The van der Waals surface area contributed by atoms with E-state index in [1.807, 2.05) is 6.07 Å². The molecule has 1 atom stereocenters. The zero-order valence-corrected chi connectivity index (χ0v) is 14.2. The normalized spacial score (nSPS) is 17.8. The van der Waals surface area contributed by atoms with Gasteiger partial charge in [-0.2, -0.15) is 0 Å². The molecule has 0 heterocycles. The molecule has 1 saturated carbocycles. The summed E-state index contributed by atoms with van der Waals surface area (Å²) in [6, 6.07) is 13.1. The van der Waals surface area contributed by atoms with Crippen LogP contribution in [0.5, 0.6) is 5.75 Å². The van der Waals surface area contributed by atoms with Crippen molar-refractivity contribution in [1.29, 1.82) is 0 Å². The summed E-state index contributed by atoms with van der Waals surface area (Å²) in [4.78, 5) is 0.479. The lowest BCUT2D eigenvalue weighted by molar-refractivity contribution is 0.338. The molecule has 1 unspecified atom stereocenters. The molecular formula is C19H23BrO. The largest absolute Gasteiger partial charge is 0.497 e. The number of methoxy groups -OCH3 is 1. The summed E-state index contributed by atoms with van der Waals surface area (Å²) < 4.78 is 5.29. The van der Waals surface area contributed by atoms with Gasteiger partial charge in [-0.1, -0.05) is 72.3 Å². The van der Waals surface area contributed by atoms with Gasteiger partial charge in [0.15, 0.2) is 0 Å². The molecule has 0 spiro atoms. The molecule has 2 heteroatoms. The predicted molar refractivity (Wildman–Crippen MR) is 93.4 cm³/mol. The van der Waals surface area contributed by atoms with Crippen molar-refractivity contribution in [2.24, 2.45) is 5.92 Å². The van der Waals surface area contributed by atoms with Crippen molar-refractivity contribution in [2.45, 2.75) is 43.4 Å². The number of alkyl halides is 1. The van der Waals surface area contributed by atoms with Crippen LogP contribution >= 0.6 is 15.9 Å². The number of halogens is 1. The monoisotopic (exact) mass is 346 g/mol. The lowest BCUT2D eigenvalue weighted by atomic mass is 9.85. The summed E-state index contributed by atoms with van der Waals surface area (Å²) in [5.74, 6) is 1.82. The molecule has 1 aliphatic rings. The van der Waals surface area contributed by atoms with E-state index in [1.54, 1.807) is 7.11 Å². The Kier molecular flexibility index (Phi) is 4.84. The molecule has 0 aromatic heterocycles. The van der Waals surface area contributed by atoms with Gasteiger partial charge in [0.2, 0.25) is 0 Å². The fourth-order valence-corrected chi connectivity index (χ4v) is 4.23. The van der Waals surface area contributed by atoms with Crippen LogP contribution in [0.25, 0.3) is 10.8 Å². The molecule has 0 N–H and O–H groups in total. The van der Waals surface area contributed by atoms with Crippen LogP contribution in [0.15, 0.2) is 36.4 Å². The Morgan fingerprint density at radius 3 is 2.52 bits per heavy atom. The van der Waals surface area contributed by atoms with Crippen LogP contribution in [0.4, 0.5) is 0 Å². The van der Waals surface area contributed by atoms with Crippen molar-refractivity contribution >= 4 is 26.7 Å². The first-order chi connectivity index (χ1) is 10.3. The van der Waals surface area contributed by atoms with E-state index in [0.29, 0.717) is 4.83 Å². The maximum absolute atomic E-state index is 5.29. The molecule has 1 fully saturated rings. The third-order valence-electron chi connectivity index (χ3n) is 4.70. The number of benzene rings is 2. The Hall–Kier alpha value is -1.02. The third-order valence-corrected chi connectivity index (χ3v) is 5.60. The fourth-order valence-electron chi connectivity index (χ4n) is 3.42. The lowest BCUT2D eigenvalue weighted by Gasteiger charge is -2.24. The van der Waals surface area contributed by atoms with E-state index in [2.05, 4.69) is 46.3 Å². The zero-order chi connectivity index (χ0) is 14.7. The van der Waals surface area contributed by atoms with Crippen LogP contribution < -0.4 is 4.74 Å². The van der Waals surface area contributed by atoms with Crippen LogP contribution in [0.3, 0.4) is 0 Å². The van der Waals surface area contributed by atoms with E-state index in [0.717, 1.165) is 11.7 Å². The van der Waals surface area contributed by atoms with E-state index in [-0.39, 0.29) is 0 Å². The molecule has 1 nitrogen and oxygen atoms in total. The second-order valence-corrected chi connectivity index (χ2v) is 7.29. The fraction of sp³-hybridized carbons (Fsp3) is 0.474. The maximum atomic E-state index is 5.29. The van der Waals surface area contributed by atoms with Gasteiger partial charge in [-0.25, -0.2) is 0 Å². The first-order valence-corrected chi connectivity index (χ1v) is 8.89. The van der Waals surface area contributed by atoms with E-state index >= 15 is 0 Å². The molecule has 0 aliphatic heterocycles. The minimum absolute atomic E-state index is 0.479. The Morgan fingerprint density at radius 1 is 1.05 bits per heavy atom. The maximum Gasteiger partial charge on any atom is 0.119 e. The third kappa shape index (κ3) is 3.60. The van der Waals surface area contributed by atoms with Gasteiger partial charge in [0.1, 0.15) is 5.75 Å². The minimum atomic E-state index is 0.479. The summed E-state index contributed by atoms with van der Waals surface area (Å²) in [6.45, 7) is 0. The van der Waals surface area contributed by atoms with Gasteiger partial charge >= 0.3 is 0 Å². The van der Waals surface area contributed by atoms with Crippen molar-refractivity contribution in [3.8, 4) is 5.75 Å². The van der Waals surface area contributed by atoms with Gasteiger partial charge in [0.05, 0.1) is 7.11 Å². The molecule has 2 aromatic rings. The zero-order valence-electron chi connectivity index (χ0n) is 12.6. The number of hydrogen-bond acceptors (Lipinski definition) is 1. The van der Waals surface area contributed by atoms with Crippen LogP contribution in [0.2, 0.25) is 0 Å². The first-order valence-electron chi connectivity index (χ1n) is 7.98. The molecule has 112 valence electrons. The van der Waals surface area contributed by atoms with Crippen molar-refractivity contribution in [2.75, 3.05) is 7.11 Å². The smallest absolute Gasteiger partial charge is 0.119 e. The number of ether oxygens (including phenoxy) is 1. The highest BCUT2D eigenvalue weighted by Gasteiger charge is 2.18. The van der Waals surface area contributed by atoms with Crippen LogP contribution in [-0.4, -0.2) is 7.11 Å². The summed E-state index contributed by atoms with van der Waals surface area (Å²) in [6.07, 6.45) is 8.35. The Morgan fingerprint density at radius 2 is 1.76 bits per heavy atom. The Labute approximate surface area is 135 Å². The topological polar surface area (TPSA) is 9.23 Å². The van der Waals surface area contributed by atoms with Gasteiger partial charge in [-0.05, 0) is 40.8 Å². The standard InChI is InChI=1S/C19H23BrO/c1-21-18-10-9-15-12-17(8-7-16(15)13-18)19(20)11-14-5-3-2-4-6-14/h7-10,12-14,19H,2-6,11H2,1H3. The van der Waals surface area contributed by atoms with Crippen molar-refractivity contribution in [1.82, 2.24) is 0 Å². The van der Waals surface area contributed by atoms with E-state index < -0.39 is 0 Å². The molecule has 0 bridgehead atoms. The van der Waals surface area contributed by atoms with E-state index in [9.17, 15) is 0 Å². The van der Waals surface area contributed by atoms with Crippen molar-refractivity contribution in [3.05, 3.63) is 42.0 Å². The molecule has 0 saturated heterocycles. The van der Waals surface area contributed by atoms with Gasteiger partial charge in [0.25, 0.3) is 0 Å². The van der Waals surface area contributed by atoms with E-state index in [1.165, 1.54) is 54.9 Å². The van der Waals surface area contributed by atoms with Gasteiger partial charge in [0, 0.05) is 4.83 Å². The summed E-state index contributed by atoms with van der Waals surface area (Å²) in [7, 11) is 1.72. The molecule has 2 aromatic carbocycles.